The molecule has 0 bridgehead atoms. The zero-order chi connectivity index (χ0) is 21.3. The molecule has 2 aromatic rings. The summed E-state index contributed by atoms with van der Waals surface area (Å²) in [5.74, 6) is -0.422. The molecular weight excluding hydrogens is 378 g/mol. The van der Waals surface area contributed by atoms with Crippen molar-refractivity contribution in [1.82, 2.24) is 0 Å². The van der Waals surface area contributed by atoms with Crippen molar-refractivity contribution in [2.45, 2.75) is 39.5 Å². The van der Waals surface area contributed by atoms with Crippen LogP contribution in [-0.4, -0.2) is 30.8 Å². The lowest BCUT2D eigenvalue weighted by atomic mass is 10.1. The molecule has 30 heavy (non-hydrogen) atoms. The van der Waals surface area contributed by atoms with Gasteiger partial charge in [0.15, 0.2) is 0 Å². The molecule has 0 spiro atoms. The van der Waals surface area contributed by atoms with Gasteiger partial charge in [0, 0.05) is 43.0 Å². The van der Waals surface area contributed by atoms with Crippen molar-refractivity contribution in [3.63, 3.8) is 0 Å². The van der Waals surface area contributed by atoms with Gasteiger partial charge in [-0.1, -0.05) is 19.1 Å². The first-order chi connectivity index (χ1) is 14.5. The zero-order valence-corrected chi connectivity index (χ0v) is 17.5. The quantitative estimate of drug-likeness (QED) is 0.825. The number of aryl methyl sites for hydroxylation is 2. The molecule has 6 heteroatoms. The number of hydrogen-bond acceptors (Lipinski definition) is 3. The maximum Gasteiger partial charge on any atom is 0.229 e. The summed E-state index contributed by atoms with van der Waals surface area (Å²) >= 11 is 0. The molecular formula is C24H27N3O3. The molecule has 0 aromatic heterocycles. The van der Waals surface area contributed by atoms with Gasteiger partial charge >= 0.3 is 0 Å². The topological polar surface area (TPSA) is 69.7 Å². The van der Waals surface area contributed by atoms with Crippen LogP contribution in [0.5, 0.6) is 0 Å². The van der Waals surface area contributed by atoms with E-state index in [1.807, 2.05) is 49.4 Å². The molecule has 2 aliphatic rings. The zero-order valence-electron chi connectivity index (χ0n) is 17.5. The number of carbonyl (C=O) groups excluding carboxylic acids is 3. The summed E-state index contributed by atoms with van der Waals surface area (Å²) in [7, 11) is 0. The first-order valence-corrected chi connectivity index (χ1v) is 10.6. The number of amides is 3. The molecule has 2 aliphatic heterocycles. The predicted octanol–water partition coefficient (Wildman–Crippen LogP) is 3.68. The van der Waals surface area contributed by atoms with Gasteiger partial charge in [-0.3, -0.25) is 14.4 Å². The summed E-state index contributed by atoms with van der Waals surface area (Å²) in [6, 6.07) is 13.5. The van der Waals surface area contributed by atoms with Crippen LogP contribution in [0.2, 0.25) is 0 Å². The van der Waals surface area contributed by atoms with Gasteiger partial charge in [-0.05, 0) is 61.2 Å². The highest BCUT2D eigenvalue weighted by molar-refractivity contribution is 6.03. The summed E-state index contributed by atoms with van der Waals surface area (Å²) in [6.07, 6.45) is 2.62. The number of nitrogens with zero attached hydrogens (tertiary/aromatic N) is 2. The Morgan fingerprint density at radius 1 is 1.07 bits per heavy atom. The van der Waals surface area contributed by atoms with Crippen LogP contribution in [-0.2, 0) is 20.8 Å². The molecule has 2 fully saturated rings. The minimum atomic E-state index is -0.386. The maximum atomic E-state index is 12.8. The van der Waals surface area contributed by atoms with Crippen LogP contribution in [0, 0.1) is 12.8 Å². The maximum absolute atomic E-state index is 12.8. The number of hydrogen-bond donors (Lipinski definition) is 1. The molecule has 4 rings (SSSR count). The molecule has 0 unspecified atom stereocenters. The Hall–Kier alpha value is -3.15. The Kier molecular flexibility index (Phi) is 5.57. The molecule has 2 aromatic carbocycles. The van der Waals surface area contributed by atoms with Crippen LogP contribution < -0.4 is 15.1 Å². The summed E-state index contributed by atoms with van der Waals surface area (Å²) < 4.78 is 0. The van der Waals surface area contributed by atoms with Crippen molar-refractivity contribution < 1.29 is 14.4 Å². The van der Waals surface area contributed by atoms with Gasteiger partial charge in [0.2, 0.25) is 17.7 Å². The van der Waals surface area contributed by atoms with E-state index < -0.39 is 0 Å². The summed E-state index contributed by atoms with van der Waals surface area (Å²) in [5, 5.41) is 2.94. The minimum Gasteiger partial charge on any atom is -0.326 e. The molecule has 3 amide bonds. The van der Waals surface area contributed by atoms with Crippen LogP contribution in [0.3, 0.4) is 0 Å². The van der Waals surface area contributed by atoms with Gasteiger partial charge in [-0.2, -0.15) is 0 Å². The monoisotopic (exact) mass is 405 g/mol. The summed E-state index contributed by atoms with van der Waals surface area (Å²) in [5.41, 5.74) is 4.58. The first kappa shape index (κ1) is 20.1. The lowest BCUT2D eigenvalue weighted by Crippen LogP contribution is -2.28. The lowest BCUT2D eigenvalue weighted by molar-refractivity contribution is -0.122. The van der Waals surface area contributed by atoms with E-state index in [1.54, 1.807) is 9.80 Å². The van der Waals surface area contributed by atoms with E-state index in [0.717, 1.165) is 36.3 Å². The average molecular weight is 405 g/mol. The third kappa shape index (κ3) is 3.95. The number of benzene rings is 2. The standard InChI is InChI=1S/C24H27N3O3/c1-3-17-6-9-20(10-7-17)27-15-18(14-23(27)29)24(30)25-19-8-11-21(16(2)13-19)26-12-4-5-22(26)28/h6-11,13,18H,3-5,12,14-15H2,1-2H3,(H,25,30)/t18-/m0/s1. The normalized spacial score (nSPS) is 18.9. The van der Waals surface area contributed by atoms with Crippen molar-refractivity contribution >= 4 is 34.8 Å². The van der Waals surface area contributed by atoms with Gasteiger partial charge in [-0.15, -0.1) is 0 Å². The number of nitrogens with one attached hydrogen (secondary N) is 1. The molecule has 2 saturated heterocycles. The van der Waals surface area contributed by atoms with Crippen molar-refractivity contribution in [3.05, 3.63) is 53.6 Å². The van der Waals surface area contributed by atoms with Gasteiger partial charge in [0.1, 0.15) is 0 Å². The van der Waals surface area contributed by atoms with Crippen LogP contribution in [0.25, 0.3) is 0 Å². The van der Waals surface area contributed by atoms with Crippen molar-refractivity contribution in [2.24, 2.45) is 5.92 Å². The highest BCUT2D eigenvalue weighted by atomic mass is 16.2. The van der Waals surface area contributed by atoms with Crippen LogP contribution in [0.15, 0.2) is 42.5 Å². The highest BCUT2D eigenvalue weighted by Gasteiger charge is 2.35. The molecule has 2 heterocycles. The Labute approximate surface area is 176 Å². The highest BCUT2D eigenvalue weighted by Crippen LogP contribution is 2.29. The van der Waals surface area contributed by atoms with Gasteiger partial charge in [0.05, 0.1) is 5.92 Å². The number of rotatable bonds is 5. The molecule has 156 valence electrons. The third-order valence-electron chi connectivity index (χ3n) is 5.98. The third-order valence-corrected chi connectivity index (χ3v) is 5.98. The van der Waals surface area contributed by atoms with Gasteiger partial charge in [-0.25, -0.2) is 0 Å². The Morgan fingerprint density at radius 3 is 2.47 bits per heavy atom. The van der Waals surface area contributed by atoms with E-state index in [2.05, 4.69) is 12.2 Å². The van der Waals surface area contributed by atoms with Crippen LogP contribution in [0.1, 0.15) is 37.3 Å². The van der Waals surface area contributed by atoms with E-state index in [4.69, 9.17) is 0 Å². The predicted molar refractivity (Wildman–Crippen MR) is 118 cm³/mol. The van der Waals surface area contributed by atoms with E-state index in [9.17, 15) is 14.4 Å². The van der Waals surface area contributed by atoms with E-state index in [-0.39, 0.29) is 30.1 Å². The van der Waals surface area contributed by atoms with Gasteiger partial charge < -0.3 is 15.1 Å². The van der Waals surface area contributed by atoms with Crippen molar-refractivity contribution in [2.75, 3.05) is 28.2 Å². The van der Waals surface area contributed by atoms with E-state index in [0.29, 0.717) is 18.7 Å². The Balaban J connectivity index is 1.42. The smallest absolute Gasteiger partial charge is 0.229 e. The van der Waals surface area contributed by atoms with Crippen LogP contribution >= 0.6 is 0 Å². The van der Waals surface area contributed by atoms with Crippen molar-refractivity contribution in [1.29, 1.82) is 0 Å². The molecule has 6 nitrogen and oxygen atoms in total. The van der Waals surface area contributed by atoms with Crippen molar-refractivity contribution in [3.8, 4) is 0 Å². The average Bonchev–Trinajstić information content (AvgIpc) is 3.34. The Morgan fingerprint density at radius 2 is 1.83 bits per heavy atom. The molecule has 0 radical (unpaired) electrons. The summed E-state index contributed by atoms with van der Waals surface area (Å²) in [6.45, 7) is 5.16. The molecule has 1 atom stereocenters. The SMILES string of the molecule is CCc1ccc(N2C[C@@H](C(=O)Nc3ccc(N4CCCC4=O)c(C)c3)CC2=O)cc1. The fourth-order valence-electron chi connectivity index (χ4n) is 4.23. The number of anilines is 3. The second-order valence-corrected chi connectivity index (χ2v) is 8.06. The van der Waals surface area contributed by atoms with Crippen LogP contribution in [0.4, 0.5) is 17.1 Å². The number of carbonyl (C=O) groups is 3. The lowest BCUT2D eigenvalue weighted by Gasteiger charge is -2.20. The van der Waals surface area contributed by atoms with E-state index in [1.165, 1.54) is 5.56 Å². The van der Waals surface area contributed by atoms with E-state index >= 15 is 0 Å². The second-order valence-electron chi connectivity index (χ2n) is 8.06. The van der Waals surface area contributed by atoms with Gasteiger partial charge in [0.25, 0.3) is 0 Å². The fraction of sp³-hybridized carbons (Fsp3) is 0.375. The largest absolute Gasteiger partial charge is 0.326 e. The fourth-order valence-corrected chi connectivity index (χ4v) is 4.23. The summed E-state index contributed by atoms with van der Waals surface area (Å²) in [4.78, 5) is 40.8. The second kappa shape index (κ2) is 8.30. The molecule has 1 N–H and O–H groups in total. The Bertz CT molecular complexity index is 984. The molecule has 0 aliphatic carbocycles. The molecule has 0 saturated carbocycles. The minimum absolute atomic E-state index is 0.0292. The first-order valence-electron chi connectivity index (χ1n) is 10.6.